The Bertz CT molecular complexity index is 1350. The number of rotatable bonds is 5. The van der Waals surface area contributed by atoms with Crippen LogP contribution < -0.4 is 16.0 Å². The second-order valence-corrected chi connectivity index (χ2v) is 11.0. The highest BCUT2D eigenvalue weighted by molar-refractivity contribution is 5.95. The number of hydrogen-bond acceptors (Lipinski definition) is 4. The number of para-hydroxylation sites is 2. The lowest BCUT2D eigenvalue weighted by atomic mass is 9.74. The largest absolute Gasteiger partial charge is 0.361 e. The fourth-order valence-corrected chi connectivity index (χ4v) is 5.78. The van der Waals surface area contributed by atoms with E-state index in [2.05, 4.69) is 16.4 Å². The van der Waals surface area contributed by atoms with E-state index in [-0.39, 0.29) is 35.5 Å². The number of nitrogens with one attached hydrogen (secondary N) is 2. The maximum atomic E-state index is 13.8. The maximum Gasteiger partial charge on any atom is 0.245 e. The number of halogens is 1. The number of likely N-dealkylation sites (tertiary alicyclic amines) is 1. The van der Waals surface area contributed by atoms with Crippen LogP contribution in [0.25, 0.3) is 10.9 Å². The number of hydrogen-bond donors (Lipinski definition) is 3. The van der Waals surface area contributed by atoms with Crippen LogP contribution in [0.15, 0.2) is 54.7 Å². The SMILES string of the molecule is CC(=O)N1CC2(CCN(C(=O)[C@@H](Cc3c[nH]c4ccccc34)NC(=O)C(C)(C)N)CC2)c2ccccc21.Cl. The van der Waals surface area contributed by atoms with Crippen LogP contribution in [0.5, 0.6) is 0 Å². The number of H-pyrrole nitrogens is 1. The molecule has 1 spiro atoms. The standard InChI is InChI=1S/C29H35N5O3.ClH/c1-19(35)34-18-29(22-9-5-7-11-25(22)34)12-14-33(15-13-29)26(36)24(32-27(37)28(2,3)30)16-20-17-31-23-10-6-4-8-21(20)23;/h4-11,17,24,31H,12-16,18,30H2,1-3H3,(H,32,37);1H/t24-;/m1./s1. The molecule has 0 unspecified atom stereocenters. The van der Waals surface area contributed by atoms with Crippen molar-refractivity contribution in [3.05, 3.63) is 65.9 Å². The molecule has 1 aromatic heterocycles. The molecule has 1 atom stereocenters. The Labute approximate surface area is 229 Å². The molecular formula is C29H36ClN5O3. The van der Waals surface area contributed by atoms with Gasteiger partial charge in [0.15, 0.2) is 0 Å². The number of benzene rings is 2. The fourth-order valence-electron chi connectivity index (χ4n) is 5.78. The summed E-state index contributed by atoms with van der Waals surface area (Å²) in [6, 6.07) is 15.3. The van der Waals surface area contributed by atoms with E-state index in [1.807, 2.05) is 58.5 Å². The number of nitrogens with two attached hydrogens (primary N) is 1. The number of nitrogens with zero attached hydrogens (tertiary/aromatic N) is 2. The molecule has 2 aliphatic heterocycles. The van der Waals surface area contributed by atoms with Gasteiger partial charge >= 0.3 is 0 Å². The topological polar surface area (TPSA) is 112 Å². The van der Waals surface area contributed by atoms with Gasteiger partial charge in [0, 0.05) is 61.2 Å². The van der Waals surface area contributed by atoms with E-state index in [1.54, 1.807) is 20.8 Å². The van der Waals surface area contributed by atoms with Crippen molar-refractivity contribution < 1.29 is 14.4 Å². The average molecular weight is 538 g/mol. The number of carbonyl (C=O) groups excluding carboxylic acids is 3. The zero-order chi connectivity index (χ0) is 26.4. The Morgan fingerprint density at radius 1 is 1.08 bits per heavy atom. The lowest BCUT2D eigenvalue weighted by molar-refractivity contribution is -0.138. The second-order valence-electron chi connectivity index (χ2n) is 11.0. The molecule has 38 heavy (non-hydrogen) atoms. The van der Waals surface area contributed by atoms with Crippen LogP contribution in [0, 0.1) is 0 Å². The molecule has 3 aromatic rings. The van der Waals surface area contributed by atoms with Crippen LogP contribution in [0.1, 0.15) is 44.7 Å². The van der Waals surface area contributed by atoms with Crippen molar-refractivity contribution >= 4 is 46.7 Å². The van der Waals surface area contributed by atoms with Crippen molar-refractivity contribution in [1.82, 2.24) is 15.2 Å². The van der Waals surface area contributed by atoms with Gasteiger partial charge in [-0.15, -0.1) is 12.4 Å². The highest BCUT2D eigenvalue weighted by Crippen LogP contribution is 2.47. The molecule has 202 valence electrons. The van der Waals surface area contributed by atoms with Gasteiger partial charge in [-0.3, -0.25) is 14.4 Å². The molecule has 3 amide bonds. The predicted molar refractivity (Wildman–Crippen MR) is 151 cm³/mol. The van der Waals surface area contributed by atoms with Crippen molar-refractivity contribution in [1.29, 1.82) is 0 Å². The molecule has 1 saturated heterocycles. The summed E-state index contributed by atoms with van der Waals surface area (Å²) in [7, 11) is 0. The minimum atomic E-state index is -1.10. The van der Waals surface area contributed by atoms with Gasteiger partial charge in [-0.1, -0.05) is 36.4 Å². The lowest BCUT2D eigenvalue weighted by Crippen LogP contribution is -2.58. The van der Waals surface area contributed by atoms with E-state index in [0.717, 1.165) is 35.0 Å². The summed E-state index contributed by atoms with van der Waals surface area (Å²) in [6.07, 6.45) is 3.79. The zero-order valence-corrected chi connectivity index (χ0v) is 22.9. The van der Waals surface area contributed by atoms with Gasteiger partial charge < -0.3 is 25.8 Å². The second kappa shape index (κ2) is 10.4. The molecule has 0 bridgehead atoms. The molecule has 0 radical (unpaired) electrons. The Kier molecular flexibility index (Phi) is 7.59. The summed E-state index contributed by atoms with van der Waals surface area (Å²) in [4.78, 5) is 46.0. The summed E-state index contributed by atoms with van der Waals surface area (Å²) in [5.41, 5.74) is 8.92. The average Bonchev–Trinajstić information content (AvgIpc) is 3.43. The fraction of sp³-hybridized carbons (Fsp3) is 0.414. The smallest absolute Gasteiger partial charge is 0.245 e. The first kappa shape index (κ1) is 27.7. The number of carbonyl (C=O) groups is 3. The first-order valence-corrected chi connectivity index (χ1v) is 12.9. The van der Waals surface area contributed by atoms with E-state index in [4.69, 9.17) is 5.73 Å². The van der Waals surface area contributed by atoms with E-state index in [9.17, 15) is 14.4 Å². The summed E-state index contributed by atoms with van der Waals surface area (Å²) < 4.78 is 0. The van der Waals surface area contributed by atoms with E-state index in [0.29, 0.717) is 26.1 Å². The monoisotopic (exact) mass is 537 g/mol. The van der Waals surface area contributed by atoms with Gasteiger partial charge in [0.25, 0.3) is 0 Å². The lowest BCUT2D eigenvalue weighted by Gasteiger charge is -2.41. The Morgan fingerprint density at radius 2 is 1.74 bits per heavy atom. The predicted octanol–water partition coefficient (Wildman–Crippen LogP) is 3.28. The van der Waals surface area contributed by atoms with Crippen molar-refractivity contribution in [3.63, 3.8) is 0 Å². The molecule has 0 saturated carbocycles. The van der Waals surface area contributed by atoms with Crippen LogP contribution in [0.3, 0.4) is 0 Å². The first-order valence-electron chi connectivity index (χ1n) is 12.9. The third-order valence-electron chi connectivity index (χ3n) is 7.93. The number of aromatic amines is 1. The normalized spacial score (nSPS) is 17.2. The summed E-state index contributed by atoms with van der Waals surface area (Å²) in [5, 5.41) is 3.97. The van der Waals surface area contributed by atoms with Crippen molar-refractivity contribution in [3.8, 4) is 0 Å². The molecule has 5 rings (SSSR count). The number of fused-ring (bicyclic) bond motifs is 3. The molecule has 9 heteroatoms. The first-order chi connectivity index (χ1) is 17.6. The van der Waals surface area contributed by atoms with Gasteiger partial charge in [-0.25, -0.2) is 0 Å². The summed E-state index contributed by atoms with van der Waals surface area (Å²) in [5.74, 6) is -0.429. The van der Waals surface area contributed by atoms with E-state index >= 15 is 0 Å². The van der Waals surface area contributed by atoms with Crippen molar-refractivity contribution in [2.24, 2.45) is 5.73 Å². The molecule has 4 N–H and O–H groups in total. The van der Waals surface area contributed by atoms with E-state index in [1.165, 1.54) is 5.56 Å². The van der Waals surface area contributed by atoms with Crippen LogP contribution >= 0.6 is 12.4 Å². The van der Waals surface area contributed by atoms with E-state index < -0.39 is 11.6 Å². The highest BCUT2D eigenvalue weighted by Gasteiger charge is 2.46. The van der Waals surface area contributed by atoms with Gasteiger partial charge in [0.1, 0.15) is 6.04 Å². The van der Waals surface area contributed by atoms with Crippen LogP contribution in [-0.4, -0.2) is 58.8 Å². The third kappa shape index (κ3) is 5.02. The Morgan fingerprint density at radius 3 is 2.42 bits per heavy atom. The zero-order valence-electron chi connectivity index (χ0n) is 22.1. The van der Waals surface area contributed by atoms with Gasteiger partial charge in [-0.05, 0) is 49.9 Å². The number of piperidine rings is 1. The molecular weight excluding hydrogens is 502 g/mol. The molecule has 3 heterocycles. The van der Waals surface area contributed by atoms with Crippen molar-refractivity contribution in [2.75, 3.05) is 24.5 Å². The molecule has 2 aromatic carbocycles. The number of amides is 3. The maximum absolute atomic E-state index is 13.8. The molecule has 2 aliphatic rings. The molecule has 1 fully saturated rings. The van der Waals surface area contributed by atoms with Crippen LogP contribution in [0.4, 0.5) is 5.69 Å². The third-order valence-corrected chi connectivity index (χ3v) is 7.93. The van der Waals surface area contributed by atoms with Gasteiger partial charge in [-0.2, -0.15) is 0 Å². The molecule has 8 nitrogen and oxygen atoms in total. The summed E-state index contributed by atoms with van der Waals surface area (Å²) in [6.45, 7) is 6.64. The van der Waals surface area contributed by atoms with Crippen LogP contribution in [-0.2, 0) is 26.2 Å². The van der Waals surface area contributed by atoms with Gasteiger partial charge in [0.2, 0.25) is 17.7 Å². The molecule has 0 aliphatic carbocycles. The minimum absolute atomic E-state index is 0. The Balaban J connectivity index is 0.00000336. The van der Waals surface area contributed by atoms with Gasteiger partial charge in [0.05, 0.1) is 5.54 Å². The Hall–Kier alpha value is -3.36. The number of aromatic nitrogens is 1. The summed E-state index contributed by atoms with van der Waals surface area (Å²) >= 11 is 0. The number of anilines is 1. The highest BCUT2D eigenvalue weighted by atomic mass is 35.5. The van der Waals surface area contributed by atoms with Crippen molar-refractivity contribution in [2.45, 2.75) is 57.0 Å². The van der Waals surface area contributed by atoms with Crippen LogP contribution in [0.2, 0.25) is 0 Å². The quantitative estimate of drug-likeness (QED) is 0.463. The minimum Gasteiger partial charge on any atom is -0.361 e.